The summed E-state index contributed by atoms with van der Waals surface area (Å²) in [5.41, 5.74) is 3.86. The molecule has 0 saturated heterocycles. The Morgan fingerprint density at radius 2 is 2.11 bits per heavy atom. The molecule has 0 saturated carbocycles. The number of H-pyrrole nitrogens is 1. The van der Waals surface area contributed by atoms with Crippen molar-refractivity contribution in [3.8, 4) is 17.6 Å². The molecule has 1 N–H and O–H groups in total. The standard InChI is InChI=1S/C13H9N5/c1-8-4-11-12(16-6-8)18-13(17-11)10-3-2-9(5-14)7-15-10/h2-4,6-7H,1H3,(H,16,17,18). The molecule has 0 unspecified atom stereocenters. The van der Waals surface area contributed by atoms with Crippen molar-refractivity contribution < 1.29 is 0 Å². The van der Waals surface area contributed by atoms with Gasteiger partial charge in [0.15, 0.2) is 11.5 Å². The maximum absolute atomic E-state index is 8.72. The molecule has 0 aliphatic rings. The highest BCUT2D eigenvalue weighted by molar-refractivity contribution is 5.75. The van der Waals surface area contributed by atoms with Gasteiger partial charge in [0.2, 0.25) is 0 Å². The molecule has 0 radical (unpaired) electrons. The van der Waals surface area contributed by atoms with Gasteiger partial charge in [-0.15, -0.1) is 0 Å². The van der Waals surface area contributed by atoms with E-state index in [1.165, 1.54) is 6.20 Å². The third-order valence-corrected chi connectivity index (χ3v) is 2.61. The summed E-state index contributed by atoms with van der Waals surface area (Å²) in [6, 6.07) is 7.51. The smallest absolute Gasteiger partial charge is 0.178 e. The summed E-state index contributed by atoms with van der Waals surface area (Å²) in [7, 11) is 0. The first-order valence-electron chi connectivity index (χ1n) is 5.45. The van der Waals surface area contributed by atoms with Crippen molar-refractivity contribution in [2.45, 2.75) is 6.92 Å². The predicted octanol–water partition coefficient (Wildman–Crippen LogP) is 2.20. The van der Waals surface area contributed by atoms with E-state index in [0.29, 0.717) is 22.7 Å². The first-order chi connectivity index (χ1) is 8.76. The van der Waals surface area contributed by atoms with E-state index in [0.717, 1.165) is 11.1 Å². The Hall–Kier alpha value is -2.74. The lowest BCUT2D eigenvalue weighted by molar-refractivity contribution is 1.22. The summed E-state index contributed by atoms with van der Waals surface area (Å²) in [6.07, 6.45) is 3.31. The molecule has 0 aromatic carbocycles. The lowest BCUT2D eigenvalue weighted by atomic mass is 10.2. The van der Waals surface area contributed by atoms with Gasteiger partial charge in [0, 0.05) is 12.4 Å². The van der Waals surface area contributed by atoms with Crippen LogP contribution in [0.5, 0.6) is 0 Å². The largest absolute Gasteiger partial charge is 0.335 e. The number of aryl methyl sites for hydroxylation is 1. The number of pyridine rings is 2. The van der Waals surface area contributed by atoms with Gasteiger partial charge in [-0.1, -0.05) is 0 Å². The minimum atomic E-state index is 0.531. The molecule has 0 fully saturated rings. The molecule has 18 heavy (non-hydrogen) atoms. The van der Waals surface area contributed by atoms with Crippen molar-refractivity contribution in [3.63, 3.8) is 0 Å². The van der Waals surface area contributed by atoms with Crippen LogP contribution in [0.4, 0.5) is 0 Å². The van der Waals surface area contributed by atoms with Crippen LogP contribution in [-0.4, -0.2) is 19.9 Å². The second-order valence-corrected chi connectivity index (χ2v) is 4.01. The Labute approximate surface area is 103 Å². The molecule has 5 heteroatoms. The Balaban J connectivity index is 2.10. The van der Waals surface area contributed by atoms with Gasteiger partial charge in [0.1, 0.15) is 11.8 Å². The SMILES string of the molecule is Cc1cnc2nc(-c3ccc(C#N)cn3)[nH]c2c1. The van der Waals surface area contributed by atoms with Crippen LogP contribution in [0.1, 0.15) is 11.1 Å². The Bertz CT molecular complexity index is 749. The summed E-state index contributed by atoms with van der Waals surface area (Å²) < 4.78 is 0. The molecular formula is C13H9N5. The molecule has 3 heterocycles. The van der Waals surface area contributed by atoms with Gasteiger partial charge >= 0.3 is 0 Å². The second kappa shape index (κ2) is 3.93. The maximum Gasteiger partial charge on any atom is 0.178 e. The Morgan fingerprint density at radius 3 is 2.83 bits per heavy atom. The van der Waals surface area contributed by atoms with Gasteiger partial charge in [0.05, 0.1) is 11.1 Å². The third-order valence-electron chi connectivity index (χ3n) is 2.61. The normalized spacial score (nSPS) is 10.4. The molecular weight excluding hydrogens is 226 g/mol. The number of nitriles is 1. The van der Waals surface area contributed by atoms with Crippen LogP contribution < -0.4 is 0 Å². The number of fused-ring (bicyclic) bond motifs is 1. The lowest BCUT2D eigenvalue weighted by Crippen LogP contribution is -1.86. The number of nitrogens with one attached hydrogen (secondary N) is 1. The fourth-order valence-corrected chi connectivity index (χ4v) is 1.73. The molecule has 5 nitrogen and oxygen atoms in total. The number of hydrogen-bond donors (Lipinski definition) is 1. The molecule has 0 aliphatic heterocycles. The summed E-state index contributed by atoms with van der Waals surface area (Å²) in [5.74, 6) is 0.660. The van der Waals surface area contributed by atoms with Crippen LogP contribution in [0.2, 0.25) is 0 Å². The highest BCUT2D eigenvalue weighted by Gasteiger charge is 2.07. The van der Waals surface area contributed by atoms with Crippen LogP contribution in [-0.2, 0) is 0 Å². The summed E-state index contributed by atoms with van der Waals surface area (Å²) in [5, 5.41) is 8.72. The summed E-state index contributed by atoms with van der Waals surface area (Å²) in [6.45, 7) is 1.98. The molecule has 3 rings (SSSR count). The van der Waals surface area contributed by atoms with Gasteiger partial charge in [-0.05, 0) is 30.7 Å². The van der Waals surface area contributed by atoms with Gasteiger partial charge in [0.25, 0.3) is 0 Å². The Kier molecular flexibility index (Phi) is 2.27. The minimum absolute atomic E-state index is 0.531. The molecule has 3 aromatic rings. The topological polar surface area (TPSA) is 78.2 Å². The molecule has 0 amide bonds. The monoisotopic (exact) mass is 235 g/mol. The minimum Gasteiger partial charge on any atom is -0.335 e. The van der Waals surface area contributed by atoms with E-state index in [1.54, 1.807) is 18.3 Å². The van der Waals surface area contributed by atoms with E-state index in [9.17, 15) is 0 Å². The number of nitrogens with zero attached hydrogens (tertiary/aromatic N) is 4. The average Bonchev–Trinajstić information content (AvgIpc) is 2.81. The van der Waals surface area contributed by atoms with Crippen molar-refractivity contribution in [2.24, 2.45) is 0 Å². The van der Waals surface area contributed by atoms with E-state index in [-0.39, 0.29) is 0 Å². The van der Waals surface area contributed by atoms with E-state index < -0.39 is 0 Å². The maximum atomic E-state index is 8.72. The van der Waals surface area contributed by atoms with Crippen LogP contribution in [0, 0.1) is 18.3 Å². The van der Waals surface area contributed by atoms with Gasteiger partial charge in [-0.3, -0.25) is 4.98 Å². The summed E-state index contributed by atoms with van der Waals surface area (Å²) in [4.78, 5) is 16.0. The quantitative estimate of drug-likeness (QED) is 0.701. The molecule has 3 aromatic heterocycles. The van der Waals surface area contributed by atoms with Crippen molar-refractivity contribution in [3.05, 3.63) is 41.7 Å². The van der Waals surface area contributed by atoms with E-state index in [2.05, 4.69) is 19.9 Å². The van der Waals surface area contributed by atoms with Crippen molar-refractivity contribution in [2.75, 3.05) is 0 Å². The van der Waals surface area contributed by atoms with Crippen molar-refractivity contribution >= 4 is 11.2 Å². The number of imidazole rings is 1. The lowest BCUT2D eigenvalue weighted by Gasteiger charge is -1.94. The Morgan fingerprint density at radius 1 is 1.22 bits per heavy atom. The average molecular weight is 235 g/mol. The van der Waals surface area contributed by atoms with Gasteiger partial charge in [-0.25, -0.2) is 9.97 Å². The zero-order valence-corrected chi connectivity index (χ0v) is 9.68. The van der Waals surface area contributed by atoms with Crippen LogP contribution in [0.15, 0.2) is 30.6 Å². The molecule has 0 aliphatic carbocycles. The zero-order chi connectivity index (χ0) is 12.5. The van der Waals surface area contributed by atoms with Crippen LogP contribution >= 0.6 is 0 Å². The molecule has 0 bridgehead atoms. The number of rotatable bonds is 1. The summed E-state index contributed by atoms with van der Waals surface area (Å²) >= 11 is 0. The fraction of sp³-hybridized carbons (Fsp3) is 0.0769. The zero-order valence-electron chi connectivity index (χ0n) is 9.68. The van der Waals surface area contributed by atoms with Gasteiger partial charge in [-0.2, -0.15) is 5.26 Å². The predicted molar refractivity (Wildman–Crippen MR) is 66.6 cm³/mol. The van der Waals surface area contributed by atoms with Gasteiger partial charge < -0.3 is 4.98 Å². The second-order valence-electron chi connectivity index (χ2n) is 4.01. The van der Waals surface area contributed by atoms with E-state index in [1.807, 2.05) is 19.1 Å². The van der Waals surface area contributed by atoms with Crippen LogP contribution in [0.25, 0.3) is 22.7 Å². The molecule has 86 valence electrons. The molecule has 0 spiro atoms. The van der Waals surface area contributed by atoms with Crippen LogP contribution in [0.3, 0.4) is 0 Å². The van der Waals surface area contributed by atoms with E-state index >= 15 is 0 Å². The first-order valence-corrected chi connectivity index (χ1v) is 5.45. The third kappa shape index (κ3) is 1.70. The first kappa shape index (κ1) is 10.4. The van der Waals surface area contributed by atoms with Crippen molar-refractivity contribution in [1.29, 1.82) is 5.26 Å². The fourth-order valence-electron chi connectivity index (χ4n) is 1.73. The molecule has 0 atom stereocenters. The number of aromatic amines is 1. The highest BCUT2D eigenvalue weighted by atomic mass is 15.0. The number of aromatic nitrogens is 4. The number of hydrogen-bond acceptors (Lipinski definition) is 4. The highest BCUT2D eigenvalue weighted by Crippen LogP contribution is 2.18. The van der Waals surface area contributed by atoms with Crippen molar-refractivity contribution in [1.82, 2.24) is 19.9 Å². The van der Waals surface area contributed by atoms with E-state index in [4.69, 9.17) is 5.26 Å².